The van der Waals surface area contributed by atoms with Crippen molar-refractivity contribution in [1.82, 2.24) is 9.97 Å². The first-order valence-electron chi connectivity index (χ1n) is 8.11. The second-order valence-corrected chi connectivity index (χ2v) is 6.75. The minimum absolute atomic E-state index is 0.254. The Hall–Kier alpha value is -3.32. The lowest BCUT2D eigenvalue weighted by Gasteiger charge is -2.07. The molecule has 134 valence electrons. The van der Waals surface area contributed by atoms with Crippen molar-refractivity contribution < 1.29 is 13.9 Å². The van der Waals surface area contributed by atoms with Gasteiger partial charge in [0.1, 0.15) is 10.8 Å². The molecule has 0 saturated heterocycles. The molecule has 0 fully saturated rings. The smallest absolute Gasteiger partial charge is 0.277 e. The molecule has 2 heterocycles. The number of carbonyl (C=O) groups excluding carboxylic acids is 1. The third-order valence-corrected chi connectivity index (χ3v) is 5.04. The Morgan fingerprint density at radius 1 is 1.15 bits per heavy atom. The third kappa shape index (κ3) is 3.50. The van der Waals surface area contributed by atoms with Gasteiger partial charge in [-0.25, -0.2) is 14.4 Å². The van der Waals surface area contributed by atoms with Gasteiger partial charge in [0.2, 0.25) is 0 Å². The molecule has 7 heteroatoms. The van der Waals surface area contributed by atoms with Crippen LogP contribution in [0.2, 0.25) is 0 Å². The van der Waals surface area contributed by atoms with Gasteiger partial charge in [-0.2, -0.15) is 0 Å². The quantitative estimate of drug-likeness (QED) is 0.555. The molecule has 0 aliphatic rings. The Morgan fingerprint density at radius 3 is 2.63 bits per heavy atom. The van der Waals surface area contributed by atoms with Gasteiger partial charge in [-0.05, 0) is 36.4 Å². The Bertz CT molecular complexity index is 1090. The van der Waals surface area contributed by atoms with Crippen LogP contribution in [0.3, 0.4) is 0 Å². The molecule has 2 aromatic carbocycles. The Labute approximate surface area is 158 Å². The number of benzene rings is 2. The van der Waals surface area contributed by atoms with Gasteiger partial charge in [0.05, 0.1) is 23.5 Å². The van der Waals surface area contributed by atoms with Crippen LogP contribution in [0, 0.1) is 5.82 Å². The molecule has 27 heavy (non-hydrogen) atoms. The number of halogens is 1. The van der Waals surface area contributed by atoms with Crippen LogP contribution in [-0.4, -0.2) is 23.0 Å². The van der Waals surface area contributed by atoms with E-state index < -0.39 is 11.7 Å². The molecule has 0 atom stereocenters. The van der Waals surface area contributed by atoms with Gasteiger partial charge >= 0.3 is 0 Å². The molecule has 4 rings (SSSR count). The number of hydrogen-bond acceptors (Lipinski definition) is 5. The fraction of sp³-hybridized carbons (Fsp3) is 0.0500. The van der Waals surface area contributed by atoms with Crippen molar-refractivity contribution in [2.45, 2.75) is 0 Å². The number of pyridine rings is 1. The first-order valence-corrected chi connectivity index (χ1v) is 8.92. The minimum Gasteiger partial charge on any atom is -0.495 e. The fourth-order valence-corrected chi connectivity index (χ4v) is 3.55. The molecule has 5 nitrogen and oxygen atoms in total. The normalized spacial score (nSPS) is 10.7. The Kier molecular flexibility index (Phi) is 4.52. The minimum atomic E-state index is -0.738. The second-order valence-electron chi connectivity index (χ2n) is 5.72. The van der Waals surface area contributed by atoms with Crippen molar-refractivity contribution in [3.05, 3.63) is 72.3 Å². The standard InChI is InChI=1S/C20H14FN3O2S/c1-26-14-10-15(21)18(22-11-14)19(25)23-13-8-6-12(7-9-13)20-24-16-4-2-3-5-17(16)27-20/h2-11H,1H3,(H,23,25). The van der Waals surface area contributed by atoms with Gasteiger partial charge < -0.3 is 10.1 Å². The fourth-order valence-electron chi connectivity index (χ4n) is 2.58. The first-order chi connectivity index (χ1) is 13.1. The van der Waals surface area contributed by atoms with E-state index >= 15 is 0 Å². The first kappa shape index (κ1) is 17.1. The average molecular weight is 379 g/mol. The van der Waals surface area contributed by atoms with Crippen LogP contribution in [0.4, 0.5) is 10.1 Å². The average Bonchev–Trinajstić information content (AvgIpc) is 3.12. The topological polar surface area (TPSA) is 64.1 Å². The van der Waals surface area contributed by atoms with Crippen LogP contribution < -0.4 is 10.1 Å². The monoisotopic (exact) mass is 379 g/mol. The van der Waals surface area contributed by atoms with Gasteiger partial charge in [-0.15, -0.1) is 11.3 Å². The number of rotatable bonds is 4. The van der Waals surface area contributed by atoms with E-state index in [0.717, 1.165) is 26.9 Å². The summed E-state index contributed by atoms with van der Waals surface area (Å²) in [6.45, 7) is 0. The molecule has 0 bridgehead atoms. The predicted octanol–water partition coefficient (Wildman–Crippen LogP) is 4.76. The van der Waals surface area contributed by atoms with Crippen molar-refractivity contribution in [3.8, 4) is 16.3 Å². The van der Waals surface area contributed by atoms with Crippen LogP contribution in [-0.2, 0) is 0 Å². The number of ether oxygens (including phenoxy) is 1. The number of carbonyl (C=O) groups is 1. The number of para-hydroxylation sites is 1. The highest BCUT2D eigenvalue weighted by atomic mass is 32.1. The van der Waals surface area contributed by atoms with Crippen molar-refractivity contribution in [1.29, 1.82) is 0 Å². The molecular formula is C20H14FN3O2S. The van der Waals surface area contributed by atoms with E-state index in [1.54, 1.807) is 23.5 Å². The number of fused-ring (bicyclic) bond motifs is 1. The summed E-state index contributed by atoms with van der Waals surface area (Å²) >= 11 is 1.60. The van der Waals surface area contributed by atoms with E-state index in [2.05, 4.69) is 15.3 Å². The molecule has 0 spiro atoms. The van der Waals surface area contributed by atoms with Gasteiger partial charge in [-0.1, -0.05) is 12.1 Å². The summed E-state index contributed by atoms with van der Waals surface area (Å²) in [5.41, 5.74) is 2.16. The maximum Gasteiger partial charge on any atom is 0.277 e. The lowest BCUT2D eigenvalue weighted by atomic mass is 10.2. The van der Waals surface area contributed by atoms with Crippen molar-refractivity contribution in [2.75, 3.05) is 12.4 Å². The van der Waals surface area contributed by atoms with E-state index in [9.17, 15) is 9.18 Å². The third-order valence-electron chi connectivity index (χ3n) is 3.95. The summed E-state index contributed by atoms with van der Waals surface area (Å²) in [4.78, 5) is 20.7. The number of methoxy groups -OCH3 is 1. The number of aromatic nitrogens is 2. The molecule has 0 radical (unpaired) electrons. The van der Waals surface area contributed by atoms with Gasteiger partial charge in [0.25, 0.3) is 5.91 Å². The highest BCUT2D eigenvalue weighted by molar-refractivity contribution is 7.21. The highest BCUT2D eigenvalue weighted by Gasteiger charge is 2.15. The van der Waals surface area contributed by atoms with Gasteiger partial charge in [-0.3, -0.25) is 4.79 Å². The van der Waals surface area contributed by atoms with Gasteiger partial charge in [0, 0.05) is 17.3 Å². The number of thiazole rings is 1. The van der Waals surface area contributed by atoms with Crippen LogP contribution in [0.1, 0.15) is 10.5 Å². The Morgan fingerprint density at radius 2 is 1.93 bits per heavy atom. The second kappa shape index (κ2) is 7.13. The van der Waals surface area contributed by atoms with Crippen molar-refractivity contribution >= 4 is 33.1 Å². The SMILES string of the molecule is COc1cnc(C(=O)Nc2ccc(-c3nc4ccccc4s3)cc2)c(F)c1. The number of anilines is 1. The van der Waals surface area contributed by atoms with E-state index in [1.165, 1.54) is 13.3 Å². The van der Waals surface area contributed by atoms with Crippen LogP contribution in [0.25, 0.3) is 20.8 Å². The van der Waals surface area contributed by atoms with Crippen LogP contribution >= 0.6 is 11.3 Å². The summed E-state index contributed by atoms with van der Waals surface area (Å²) in [7, 11) is 1.41. The maximum absolute atomic E-state index is 14.0. The lowest BCUT2D eigenvalue weighted by Crippen LogP contribution is -2.15. The van der Waals surface area contributed by atoms with E-state index in [0.29, 0.717) is 5.69 Å². The lowest BCUT2D eigenvalue weighted by molar-refractivity contribution is 0.101. The maximum atomic E-state index is 14.0. The summed E-state index contributed by atoms with van der Waals surface area (Å²) in [5.74, 6) is -1.11. The zero-order valence-electron chi connectivity index (χ0n) is 14.3. The zero-order chi connectivity index (χ0) is 18.8. The molecule has 0 unspecified atom stereocenters. The number of nitrogens with one attached hydrogen (secondary N) is 1. The number of amides is 1. The molecule has 1 N–H and O–H groups in total. The predicted molar refractivity (Wildman–Crippen MR) is 104 cm³/mol. The number of nitrogens with zero attached hydrogens (tertiary/aromatic N) is 2. The van der Waals surface area contributed by atoms with Crippen molar-refractivity contribution in [3.63, 3.8) is 0 Å². The summed E-state index contributed by atoms with van der Waals surface area (Å²) in [6, 6.07) is 16.3. The van der Waals surface area contributed by atoms with Gasteiger partial charge in [0.15, 0.2) is 11.5 Å². The molecule has 1 amide bonds. The molecule has 0 aliphatic heterocycles. The highest BCUT2D eigenvalue weighted by Crippen LogP contribution is 2.30. The summed E-state index contributed by atoms with van der Waals surface area (Å²) < 4.78 is 20.0. The largest absolute Gasteiger partial charge is 0.495 e. The summed E-state index contributed by atoms with van der Waals surface area (Å²) in [6.07, 6.45) is 1.30. The molecule has 0 saturated carbocycles. The number of hydrogen-bond donors (Lipinski definition) is 1. The Balaban J connectivity index is 1.53. The zero-order valence-corrected chi connectivity index (χ0v) is 15.1. The molecule has 0 aliphatic carbocycles. The van der Waals surface area contributed by atoms with E-state index in [4.69, 9.17) is 4.74 Å². The molecule has 4 aromatic rings. The van der Waals surface area contributed by atoms with E-state index in [-0.39, 0.29) is 11.4 Å². The van der Waals surface area contributed by atoms with Crippen molar-refractivity contribution in [2.24, 2.45) is 0 Å². The molecular weight excluding hydrogens is 365 g/mol. The molecule has 2 aromatic heterocycles. The van der Waals surface area contributed by atoms with Crippen LogP contribution in [0.15, 0.2) is 60.8 Å². The van der Waals surface area contributed by atoms with E-state index in [1.807, 2.05) is 36.4 Å². The summed E-state index contributed by atoms with van der Waals surface area (Å²) in [5, 5.41) is 3.54. The van der Waals surface area contributed by atoms with Crippen LogP contribution in [0.5, 0.6) is 5.75 Å².